The molecule has 4 rings (SSSR count). The van der Waals surface area contributed by atoms with Crippen LogP contribution in [0, 0.1) is 0 Å². The SMILES string of the molecule is COc1cccc(C2(C(=O)NC3C=CC=NC(S(=O)(=O)C4=CC=IC(C)C=C4)=C3)CC2)c1. The van der Waals surface area contributed by atoms with Crippen LogP contribution < -0.4 is 10.1 Å². The minimum Gasteiger partial charge on any atom is -0.497 e. The van der Waals surface area contributed by atoms with E-state index >= 15 is 0 Å². The Balaban J connectivity index is 1.57. The van der Waals surface area contributed by atoms with E-state index in [2.05, 4.69) is 17.2 Å². The lowest BCUT2D eigenvalue weighted by Crippen LogP contribution is -2.40. The highest BCUT2D eigenvalue weighted by atomic mass is 127. The van der Waals surface area contributed by atoms with E-state index in [-0.39, 0.29) is 36.6 Å². The third kappa shape index (κ3) is 4.71. The van der Waals surface area contributed by atoms with Crippen molar-refractivity contribution in [1.29, 1.82) is 0 Å². The number of rotatable bonds is 6. The predicted octanol–water partition coefficient (Wildman–Crippen LogP) is 3.72. The van der Waals surface area contributed by atoms with Gasteiger partial charge in [-0.05, 0) is 58.9 Å². The number of sulfone groups is 1. The largest absolute Gasteiger partial charge is 0.497 e. The summed E-state index contributed by atoms with van der Waals surface area (Å²) in [4.78, 5) is 17.6. The van der Waals surface area contributed by atoms with Gasteiger partial charge in [0.1, 0.15) is 5.75 Å². The number of alkyl halides is 1. The van der Waals surface area contributed by atoms with Crippen molar-refractivity contribution in [3.63, 3.8) is 0 Å². The number of allylic oxidation sites excluding steroid dienone is 4. The van der Waals surface area contributed by atoms with Crippen molar-refractivity contribution >= 4 is 46.7 Å². The van der Waals surface area contributed by atoms with Gasteiger partial charge in [-0.25, -0.2) is 13.4 Å². The highest BCUT2D eigenvalue weighted by molar-refractivity contribution is 14.2. The van der Waals surface area contributed by atoms with Gasteiger partial charge in [0.05, 0.1) is 23.5 Å². The van der Waals surface area contributed by atoms with E-state index in [1.807, 2.05) is 34.4 Å². The Morgan fingerprint density at radius 1 is 1.28 bits per heavy atom. The third-order valence-corrected chi connectivity index (χ3v) is 9.65. The number of aliphatic imine (C=N–C) groups is 1. The van der Waals surface area contributed by atoms with Gasteiger partial charge in [-0.1, -0.05) is 31.2 Å². The van der Waals surface area contributed by atoms with E-state index in [9.17, 15) is 13.2 Å². The maximum atomic E-state index is 13.2. The fraction of sp³-hybridized carbons (Fsp3) is 0.292. The Hall–Kier alpha value is -2.33. The Morgan fingerprint density at radius 3 is 2.84 bits per heavy atom. The highest BCUT2D eigenvalue weighted by Crippen LogP contribution is 2.49. The molecule has 1 saturated carbocycles. The molecular weight excluding hydrogens is 539 g/mol. The van der Waals surface area contributed by atoms with Gasteiger partial charge in [0, 0.05) is 10.1 Å². The number of halogens is 1. The summed E-state index contributed by atoms with van der Waals surface area (Å²) in [5, 5.41) is 2.94. The number of benzene rings is 1. The van der Waals surface area contributed by atoms with Crippen LogP contribution in [0.2, 0.25) is 0 Å². The van der Waals surface area contributed by atoms with Gasteiger partial charge in [0.2, 0.25) is 15.7 Å². The second-order valence-electron chi connectivity index (χ2n) is 7.84. The maximum absolute atomic E-state index is 13.2. The first-order valence-corrected chi connectivity index (χ1v) is 14.3. The zero-order valence-electron chi connectivity index (χ0n) is 17.9. The summed E-state index contributed by atoms with van der Waals surface area (Å²) in [5.74, 6) is 0.576. The predicted molar refractivity (Wildman–Crippen MR) is 137 cm³/mol. The summed E-state index contributed by atoms with van der Waals surface area (Å²) in [6.45, 7) is 2.08. The molecule has 1 aromatic carbocycles. The van der Waals surface area contributed by atoms with Crippen LogP contribution in [0.4, 0.5) is 0 Å². The van der Waals surface area contributed by atoms with Gasteiger partial charge < -0.3 is 10.1 Å². The number of ether oxygens (including phenoxy) is 1. The van der Waals surface area contributed by atoms with Gasteiger partial charge in [0.25, 0.3) is 0 Å². The molecule has 1 aromatic rings. The van der Waals surface area contributed by atoms with Gasteiger partial charge in [0.15, 0.2) is 5.03 Å². The third-order valence-electron chi connectivity index (χ3n) is 5.64. The van der Waals surface area contributed by atoms with Crippen molar-refractivity contribution in [2.75, 3.05) is 7.11 Å². The fourth-order valence-electron chi connectivity index (χ4n) is 3.61. The number of carbonyl (C=O) groups is 1. The quantitative estimate of drug-likeness (QED) is 0.422. The van der Waals surface area contributed by atoms with E-state index in [4.69, 9.17) is 4.74 Å². The van der Waals surface area contributed by atoms with E-state index in [1.54, 1.807) is 31.4 Å². The Morgan fingerprint density at radius 2 is 2.09 bits per heavy atom. The maximum Gasteiger partial charge on any atom is 0.231 e. The Bertz CT molecular complexity index is 1200. The monoisotopic (exact) mass is 564 g/mol. The van der Waals surface area contributed by atoms with Crippen LogP contribution in [-0.4, -0.2) is 41.6 Å². The van der Waals surface area contributed by atoms with Crippen LogP contribution in [0.15, 0.2) is 75.6 Å². The molecule has 168 valence electrons. The van der Waals surface area contributed by atoms with Crippen LogP contribution in [-0.2, 0) is 20.0 Å². The average Bonchev–Trinajstić information content (AvgIpc) is 3.62. The lowest BCUT2D eigenvalue weighted by Gasteiger charge is -2.19. The van der Waals surface area contributed by atoms with Crippen molar-refractivity contribution < 1.29 is 17.9 Å². The number of hydrogen-bond donors (Lipinski definition) is 1. The van der Waals surface area contributed by atoms with Crippen molar-refractivity contribution in [3.8, 4) is 5.75 Å². The smallest absolute Gasteiger partial charge is 0.231 e. The minimum atomic E-state index is -3.79. The van der Waals surface area contributed by atoms with Crippen LogP contribution in [0.25, 0.3) is 0 Å². The molecule has 1 aliphatic carbocycles. The Labute approximate surface area is 198 Å². The molecule has 2 atom stereocenters. The minimum absolute atomic E-state index is 0.0592. The molecule has 2 unspecified atom stereocenters. The van der Waals surface area contributed by atoms with Crippen LogP contribution in [0.3, 0.4) is 0 Å². The first kappa shape index (κ1) is 22.8. The van der Waals surface area contributed by atoms with Crippen LogP contribution in [0.5, 0.6) is 5.75 Å². The average molecular weight is 564 g/mol. The van der Waals surface area contributed by atoms with Crippen molar-refractivity contribution in [2.24, 2.45) is 4.99 Å². The normalized spacial score (nSPS) is 23.8. The molecule has 1 N–H and O–H groups in total. The number of carbonyl (C=O) groups excluding carboxylic acids is 1. The van der Waals surface area contributed by atoms with Crippen molar-refractivity contribution in [3.05, 3.63) is 76.2 Å². The number of hydrogen-bond acceptors (Lipinski definition) is 5. The van der Waals surface area contributed by atoms with E-state index in [0.29, 0.717) is 9.67 Å². The summed E-state index contributed by atoms with van der Waals surface area (Å²) >= 11 is -0.218. The van der Waals surface area contributed by atoms with Crippen LogP contribution >= 0.6 is 20.7 Å². The standard InChI is InChI=1S/C24H25IN2O4S/c1-17-8-9-21(10-13-25-17)32(29,30)22-16-19(6-4-14-26-22)27-23(28)24(11-12-24)18-5-3-7-20(15-18)31-2/h3-10,13-17,19H,11-12H2,1-2H3,(H,27,28). The molecule has 32 heavy (non-hydrogen) atoms. The number of methoxy groups -OCH3 is 1. The Kier molecular flexibility index (Phi) is 6.62. The molecule has 0 aromatic heterocycles. The lowest BCUT2D eigenvalue weighted by atomic mass is 9.94. The summed E-state index contributed by atoms with van der Waals surface area (Å²) in [6, 6.07) is 6.95. The molecule has 3 aliphatic rings. The van der Waals surface area contributed by atoms with Gasteiger partial charge in [-0.3, -0.25) is 4.79 Å². The van der Waals surface area contributed by atoms with E-state index < -0.39 is 21.3 Å². The molecule has 2 heterocycles. The molecule has 0 saturated heterocycles. The fourth-order valence-corrected chi connectivity index (χ4v) is 6.82. The second kappa shape index (κ2) is 9.27. The van der Waals surface area contributed by atoms with Gasteiger partial charge in [-0.15, -0.1) is 20.7 Å². The molecule has 6 nitrogen and oxygen atoms in total. The van der Waals surface area contributed by atoms with E-state index in [0.717, 1.165) is 18.4 Å². The molecule has 2 aliphatic heterocycles. The lowest BCUT2D eigenvalue weighted by molar-refractivity contribution is -0.123. The van der Waals surface area contributed by atoms with Crippen molar-refractivity contribution in [2.45, 2.75) is 35.1 Å². The molecule has 1 fully saturated rings. The second-order valence-corrected chi connectivity index (χ2v) is 13.1. The molecular formula is C24H25IN2O4S. The zero-order valence-corrected chi connectivity index (χ0v) is 20.8. The molecule has 1 amide bonds. The summed E-state index contributed by atoms with van der Waals surface area (Å²) < 4.78 is 34.1. The topological polar surface area (TPSA) is 84.8 Å². The molecule has 0 radical (unpaired) electrons. The first-order valence-electron chi connectivity index (χ1n) is 10.3. The van der Waals surface area contributed by atoms with E-state index in [1.165, 1.54) is 12.3 Å². The number of nitrogens with one attached hydrogen (secondary N) is 1. The summed E-state index contributed by atoms with van der Waals surface area (Å²) in [7, 11) is -2.19. The van der Waals surface area contributed by atoms with Crippen LogP contribution in [0.1, 0.15) is 25.3 Å². The zero-order chi connectivity index (χ0) is 22.8. The summed E-state index contributed by atoms with van der Waals surface area (Å²) in [5.41, 5.74) is 0.297. The van der Waals surface area contributed by atoms with Crippen molar-refractivity contribution in [1.82, 2.24) is 5.32 Å². The molecule has 0 bridgehead atoms. The van der Waals surface area contributed by atoms with Gasteiger partial charge >= 0.3 is 0 Å². The number of amides is 1. The summed E-state index contributed by atoms with van der Waals surface area (Å²) in [6.07, 6.45) is 13.1. The molecule has 8 heteroatoms. The van der Waals surface area contributed by atoms with Gasteiger partial charge in [-0.2, -0.15) is 0 Å². The first-order chi connectivity index (χ1) is 15.3. The highest BCUT2D eigenvalue weighted by Gasteiger charge is 2.51. The number of nitrogens with zero attached hydrogens (tertiary/aromatic N) is 1. The molecule has 0 spiro atoms.